The first-order chi connectivity index (χ1) is 10.5. The second-order valence-electron chi connectivity index (χ2n) is 5.31. The van der Waals surface area contributed by atoms with Crippen LogP contribution in [0, 0.1) is 17.1 Å². The minimum absolute atomic E-state index is 0.0823. The summed E-state index contributed by atoms with van der Waals surface area (Å²) in [6.45, 7) is 3.77. The summed E-state index contributed by atoms with van der Waals surface area (Å²) in [7, 11) is 0. The van der Waals surface area contributed by atoms with Crippen LogP contribution in [0.3, 0.4) is 0 Å². The van der Waals surface area contributed by atoms with Gasteiger partial charge in [-0.2, -0.15) is 14.9 Å². The van der Waals surface area contributed by atoms with Crippen LogP contribution in [0.2, 0.25) is 0 Å². The second kappa shape index (κ2) is 5.11. The summed E-state index contributed by atoms with van der Waals surface area (Å²) in [5, 5.41) is 13.1. The van der Waals surface area contributed by atoms with Gasteiger partial charge in [0, 0.05) is 11.1 Å². The van der Waals surface area contributed by atoms with Crippen molar-refractivity contribution in [2.75, 3.05) is 0 Å². The van der Waals surface area contributed by atoms with Gasteiger partial charge in [0.1, 0.15) is 17.4 Å². The third kappa shape index (κ3) is 2.07. The minimum atomic E-state index is -0.387. The van der Waals surface area contributed by atoms with Crippen molar-refractivity contribution < 1.29 is 4.39 Å². The predicted molar refractivity (Wildman–Crippen MR) is 80.0 cm³/mol. The maximum Gasteiger partial charge on any atom is 0.278 e. The van der Waals surface area contributed by atoms with Crippen molar-refractivity contribution in [3.63, 3.8) is 0 Å². The van der Waals surface area contributed by atoms with Crippen LogP contribution in [-0.2, 0) is 0 Å². The number of nitrogens with zero attached hydrogens (tertiary/aromatic N) is 3. The Morgan fingerprint density at radius 3 is 2.82 bits per heavy atom. The molecule has 0 aliphatic heterocycles. The average molecular weight is 296 g/mol. The Balaban J connectivity index is 2.44. The number of hydrogen-bond acceptors (Lipinski definition) is 3. The van der Waals surface area contributed by atoms with Crippen molar-refractivity contribution in [1.82, 2.24) is 14.6 Å². The Kier molecular flexibility index (Phi) is 3.26. The molecule has 0 aliphatic carbocycles. The third-order valence-corrected chi connectivity index (χ3v) is 3.52. The molecule has 2 aromatic heterocycles. The molecule has 0 fully saturated rings. The molecule has 22 heavy (non-hydrogen) atoms. The molecule has 6 heteroatoms. The van der Waals surface area contributed by atoms with Crippen LogP contribution in [0.4, 0.5) is 4.39 Å². The smallest absolute Gasteiger partial charge is 0.278 e. The van der Waals surface area contributed by atoms with Gasteiger partial charge in [0.15, 0.2) is 5.65 Å². The standard InChI is InChI=1S/C16H13FN4O/c1-9(2)13-14(10-4-3-5-12(17)6-10)20-15-11(7-18)8-19-21(15)16(13)22/h3-6,8-9,20H,1-2H3. The van der Waals surface area contributed by atoms with Crippen molar-refractivity contribution in [3.8, 4) is 17.3 Å². The topological polar surface area (TPSA) is 73.9 Å². The van der Waals surface area contributed by atoms with Gasteiger partial charge >= 0.3 is 0 Å². The summed E-state index contributed by atoms with van der Waals surface area (Å²) >= 11 is 0. The monoisotopic (exact) mass is 296 g/mol. The van der Waals surface area contributed by atoms with Crippen LogP contribution in [0.1, 0.15) is 30.9 Å². The molecular formula is C16H13FN4O. The Hall–Kier alpha value is -2.94. The van der Waals surface area contributed by atoms with Crippen LogP contribution in [0.25, 0.3) is 16.9 Å². The highest BCUT2D eigenvalue weighted by Crippen LogP contribution is 2.26. The van der Waals surface area contributed by atoms with Gasteiger partial charge in [-0.25, -0.2) is 4.39 Å². The molecule has 0 saturated carbocycles. The fourth-order valence-corrected chi connectivity index (χ4v) is 2.52. The minimum Gasteiger partial charge on any atom is -0.338 e. The first kappa shape index (κ1) is 14.0. The van der Waals surface area contributed by atoms with Gasteiger partial charge in [-0.05, 0) is 18.1 Å². The molecular weight excluding hydrogens is 283 g/mol. The second-order valence-corrected chi connectivity index (χ2v) is 5.31. The van der Waals surface area contributed by atoms with E-state index in [1.807, 2.05) is 19.9 Å². The molecule has 1 N–H and O–H groups in total. The van der Waals surface area contributed by atoms with E-state index < -0.39 is 0 Å². The summed E-state index contributed by atoms with van der Waals surface area (Å²) in [6, 6.07) is 7.99. The summed E-state index contributed by atoms with van der Waals surface area (Å²) in [4.78, 5) is 15.7. The molecule has 0 atom stereocenters. The Morgan fingerprint density at radius 1 is 1.41 bits per heavy atom. The molecule has 0 unspecified atom stereocenters. The van der Waals surface area contributed by atoms with E-state index in [1.165, 1.54) is 22.8 Å². The molecule has 0 amide bonds. The van der Waals surface area contributed by atoms with E-state index in [4.69, 9.17) is 5.26 Å². The lowest BCUT2D eigenvalue weighted by atomic mass is 9.98. The number of hydrogen-bond donors (Lipinski definition) is 1. The number of nitrogens with one attached hydrogen (secondary N) is 1. The number of aromatic nitrogens is 3. The number of rotatable bonds is 2. The summed E-state index contributed by atoms with van der Waals surface area (Å²) in [5.74, 6) is -0.469. The van der Waals surface area contributed by atoms with Crippen molar-refractivity contribution in [2.45, 2.75) is 19.8 Å². The van der Waals surface area contributed by atoms with Gasteiger partial charge in [0.05, 0.1) is 11.9 Å². The van der Waals surface area contributed by atoms with Crippen molar-refractivity contribution in [3.05, 3.63) is 57.8 Å². The zero-order valence-corrected chi connectivity index (χ0v) is 12.1. The highest BCUT2D eigenvalue weighted by atomic mass is 19.1. The number of fused-ring (bicyclic) bond motifs is 1. The maximum atomic E-state index is 13.5. The van der Waals surface area contributed by atoms with E-state index in [9.17, 15) is 9.18 Å². The first-order valence-electron chi connectivity index (χ1n) is 6.83. The third-order valence-electron chi connectivity index (χ3n) is 3.52. The predicted octanol–water partition coefficient (Wildman–Crippen LogP) is 2.82. The lowest BCUT2D eigenvalue weighted by Gasteiger charge is -2.13. The summed E-state index contributed by atoms with van der Waals surface area (Å²) < 4.78 is 14.7. The van der Waals surface area contributed by atoms with Crippen LogP contribution in [0.5, 0.6) is 0 Å². The Morgan fingerprint density at radius 2 is 2.18 bits per heavy atom. The number of benzene rings is 1. The van der Waals surface area contributed by atoms with Gasteiger partial charge in [-0.15, -0.1) is 0 Å². The van der Waals surface area contributed by atoms with Gasteiger partial charge < -0.3 is 4.98 Å². The molecule has 2 heterocycles. The summed E-state index contributed by atoms with van der Waals surface area (Å²) in [6.07, 6.45) is 1.34. The number of nitriles is 1. The number of halogens is 1. The zero-order chi connectivity index (χ0) is 15.9. The van der Waals surface area contributed by atoms with Gasteiger partial charge in [0.25, 0.3) is 5.56 Å². The summed E-state index contributed by atoms with van der Waals surface area (Å²) in [5.41, 5.74) is 1.87. The van der Waals surface area contributed by atoms with E-state index >= 15 is 0 Å². The Bertz CT molecular complexity index is 962. The average Bonchev–Trinajstić information content (AvgIpc) is 2.90. The van der Waals surface area contributed by atoms with Crippen LogP contribution >= 0.6 is 0 Å². The fraction of sp³-hybridized carbons (Fsp3) is 0.188. The quantitative estimate of drug-likeness (QED) is 0.790. The first-order valence-corrected chi connectivity index (χ1v) is 6.83. The van der Waals surface area contributed by atoms with Crippen molar-refractivity contribution >= 4 is 5.65 Å². The highest BCUT2D eigenvalue weighted by Gasteiger charge is 2.19. The normalized spacial score (nSPS) is 11.0. The lowest BCUT2D eigenvalue weighted by molar-refractivity contribution is 0.628. The van der Waals surface area contributed by atoms with E-state index in [1.54, 1.807) is 12.1 Å². The van der Waals surface area contributed by atoms with E-state index in [-0.39, 0.29) is 22.9 Å². The molecule has 0 bridgehead atoms. The lowest BCUT2D eigenvalue weighted by Crippen LogP contribution is -2.22. The molecule has 3 aromatic rings. The number of H-pyrrole nitrogens is 1. The van der Waals surface area contributed by atoms with E-state index in [0.29, 0.717) is 22.5 Å². The largest absolute Gasteiger partial charge is 0.338 e. The van der Waals surface area contributed by atoms with E-state index in [0.717, 1.165) is 0 Å². The van der Waals surface area contributed by atoms with Crippen LogP contribution in [0.15, 0.2) is 35.3 Å². The molecule has 110 valence electrons. The van der Waals surface area contributed by atoms with Crippen molar-refractivity contribution in [2.24, 2.45) is 0 Å². The van der Waals surface area contributed by atoms with Crippen LogP contribution < -0.4 is 5.56 Å². The molecule has 3 rings (SSSR count). The van der Waals surface area contributed by atoms with Gasteiger partial charge in [0.2, 0.25) is 0 Å². The maximum absolute atomic E-state index is 13.5. The molecule has 0 aliphatic rings. The molecule has 0 spiro atoms. The Labute approximate surface area is 125 Å². The van der Waals surface area contributed by atoms with E-state index in [2.05, 4.69) is 10.1 Å². The fourth-order valence-electron chi connectivity index (χ4n) is 2.52. The molecule has 0 saturated heterocycles. The highest BCUT2D eigenvalue weighted by molar-refractivity contribution is 5.68. The van der Waals surface area contributed by atoms with Crippen molar-refractivity contribution in [1.29, 1.82) is 5.26 Å². The molecule has 0 radical (unpaired) electrons. The molecule has 5 nitrogen and oxygen atoms in total. The van der Waals surface area contributed by atoms with Gasteiger partial charge in [-0.1, -0.05) is 26.0 Å². The SMILES string of the molecule is CC(C)c1c(-c2cccc(F)c2)[nH]c2c(C#N)cnn2c1=O. The van der Waals surface area contributed by atoms with Crippen LogP contribution in [-0.4, -0.2) is 14.6 Å². The van der Waals surface area contributed by atoms with Gasteiger partial charge in [-0.3, -0.25) is 4.79 Å². The molecule has 1 aromatic carbocycles. The number of aromatic amines is 1. The zero-order valence-electron chi connectivity index (χ0n) is 12.1.